The van der Waals surface area contributed by atoms with Crippen molar-refractivity contribution in [3.05, 3.63) is 35.1 Å². The quantitative estimate of drug-likeness (QED) is 0.826. The van der Waals surface area contributed by atoms with Gasteiger partial charge < -0.3 is 19.9 Å². The molecule has 1 amide bonds. The topological polar surface area (TPSA) is 103 Å². The second-order valence-corrected chi connectivity index (χ2v) is 6.77. The van der Waals surface area contributed by atoms with Crippen LogP contribution in [0.5, 0.6) is 11.5 Å². The Balaban J connectivity index is 1.69. The van der Waals surface area contributed by atoms with E-state index in [-0.39, 0.29) is 12.3 Å². The number of fused-ring (bicyclic) bond motifs is 1. The van der Waals surface area contributed by atoms with Gasteiger partial charge in [-0.2, -0.15) is 5.10 Å². The van der Waals surface area contributed by atoms with Crippen molar-refractivity contribution in [1.82, 2.24) is 9.78 Å². The highest BCUT2D eigenvalue weighted by Crippen LogP contribution is 2.38. The number of nitrogens with zero attached hydrogens (tertiary/aromatic N) is 2. The lowest BCUT2D eigenvalue weighted by Gasteiger charge is -2.20. The van der Waals surface area contributed by atoms with Gasteiger partial charge >= 0.3 is 5.97 Å². The summed E-state index contributed by atoms with van der Waals surface area (Å²) in [4.78, 5) is 23.5. The summed E-state index contributed by atoms with van der Waals surface area (Å²) in [5.74, 6) is -0.309. The van der Waals surface area contributed by atoms with Gasteiger partial charge in [0.15, 0.2) is 17.0 Å². The van der Waals surface area contributed by atoms with Gasteiger partial charge in [-0.15, -0.1) is 0 Å². The molecule has 0 aliphatic carbocycles. The molecule has 0 bridgehead atoms. The number of rotatable bonds is 5. The molecule has 2 heterocycles. The van der Waals surface area contributed by atoms with E-state index in [4.69, 9.17) is 21.1 Å². The minimum atomic E-state index is -1.22. The van der Waals surface area contributed by atoms with Crippen LogP contribution in [0.2, 0.25) is 5.02 Å². The fourth-order valence-electron chi connectivity index (χ4n) is 2.45. The Kier molecular flexibility index (Phi) is 4.78. The Labute approximate surface area is 154 Å². The number of hydrogen-bond donors (Lipinski definition) is 2. The van der Waals surface area contributed by atoms with E-state index < -0.39 is 11.5 Å². The van der Waals surface area contributed by atoms with E-state index in [0.29, 0.717) is 41.0 Å². The lowest BCUT2D eigenvalue weighted by Crippen LogP contribution is -2.35. The minimum Gasteiger partial charge on any atom is -0.486 e. The number of aromatic nitrogens is 2. The van der Waals surface area contributed by atoms with Crippen LogP contribution < -0.4 is 14.8 Å². The first-order valence-electron chi connectivity index (χ1n) is 7.94. The summed E-state index contributed by atoms with van der Waals surface area (Å²) in [6.07, 6.45) is 2.95. The highest BCUT2D eigenvalue weighted by molar-refractivity contribution is 6.32. The largest absolute Gasteiger partial charge is 0.486 e. The standard InChI is InChI=1S/C17H18ClN3O5/c1-17(2,16(23)24)21-9-11(8-19-21)20-14(22)7-10-5-12(18)15-13(6-10)25-3-4-26-15/h5-6,8-9H,3-4,7H2,1-2H3,(H,20,22)(H,23,24). The molecule has 9 heteroatoms. The van der Waals surface area contributed by atoms with Gasteiger partial charge in [0.25, 0.3) is 0 Å². The number of carboxylic acid groups (broad SMARTS) is 1. The summed E-state index contributed by atoms with van der Waals surface area (Å²) in [6.45, 7) is 3.90. The van der Waals surface area contributed by atoms with Crippen LogP contribution in [0.15, 0.2) is 24.5 Å². The molecule has 26 heavy (non-hydrogen) atoms. The normalized spacial score (nSPS) is 13.3. The lowest BCUT2D eigenvalue weighted by molar-refractivity contribution is -0.146. The molecule has 0 atom stereocenters. The number of amides is 1. The van der Waals surface area contributed by atoms with Crippen molar-refractivity contribution in [2.75, 3.05) is 18.5 Å². The summed E-state index contributed by atoms with van der Waals surface area (Å²) in [5, 5.41) is 16.3. The molecule has 0 saturated carbocycles. The average Bonchev–Trinajstić information content (AvgIpc) is 3.03. The summed E-state index contributed by atoms with van der Waals surface area (Å²) in [7, 11) is 0. The van der Waals surface area contributed by atoms with E-state index in [1.165, 1.54) is 30.9 Å². The van der Waals surface area contributed by atoms with Crippen LogP contribution in [0.4, 0.5) is 5.69 Å². The van der Waals surface area contributed by atoms with Crippen LogP contribution in [0.3, 0.4) is 0 Å². The number of halogens is 1. The third-order valence-electron chi connectivity index (χ3n) is 3.98. The molecule has 138 valence electrons. The molecule has 3 rings (SSSR count). The first-order valence-corrected chi connectivity index (χ1v) is 8.31. The molecule has 0 spiro atoms. The Hall–Kier alpha value is -2.74. The van der Waals surface area contributed by atoms with Gasteiger partial charge in [0.2, 0.25) is 5.91 Å². The van der Waals surface area contributed by atoms with Gasteiger partial charge in [-0.3, -0.25) is 9.48 Å². The van der Waals surface area contributed by atoms with Crippen LogP contribution in [0, 0.1) is 0 Å². The number of nitrogens with one attached hydrogen (secondary N) is 1. The molecule has 1 aliphatic rings. The maximum Gasteiger partial charge on any atom is 0.331 e. The van der Waals surface area contributed by atoms with Gasteiger partial charge in [0.05, 0.1) is 23.3 Å². The highest BCUT2D eigenvalue weighted by Gasteiger charge is 2.30. The summed E-state index contributed by atoms with van der Waals surface area (Å²) < 4.78 is 12.2. The molecule has 8 nitrogen and oxygen atoms in total. The highest BCUT2D eigenvalue weighted by atomic mass is 35.5. The number of carbonyl (C=O) groups excluding carboxylic acids is 1. The van der Waals surface area contributed by atoms with Gasteiger partial charge in [-0.1, -0.05) is 11.6 Å². The van der Waals surface area contributed by atoms with Crippen LogP contribution >= 0.6 is 11.6 Å². The Bertz CT molecular complexity index is 862. The fraction of sp³-hybridized carbons (Fsp3) is 0.353. The van der Waals surface area contributed by atoms with Gasteiger partial charge in [0, 0.05) is 6.20 Å². The summed E-state index contributed by atoms with van der Waals surface area (Å²) >= 11 is 6.17. The Morgan fingerprint density at radius 1 is 1.35 bits per heavy atom. The van der Waals surface area contributed by atoms with E-state index >= 15 is 0 Å². The van der Waals surface area contributed by atoms with E-state index in [1.807, 2.05) is 0 Å². The van der Waals surface area contributed by atoms with E-state index in [1.54, 1.807) is 12.1 Å². The predicted molar refractivity (Wildman–Crippen MR) is 94.0 cm³/mol. The number of ether oxygens (including phenoxy) is 2. The van der Waals surface area contributed by atoms with Crippen molar-refractivity contribution in [3.63, 3.8) is 0 Å². The maximum atomic E-state index is 12.3. The SMILES string of the molecule is CC(C)(C(=O)O)n1cc(NC(=O)Cc2cc(Cl)c3c(c2)OCCO3)cn1. The monoisotopic (exact) mass is 379 g/mol. The van der Waals surface area contributed by atoms with Crippen LogP contribution in [-0.2, 0) is 21.5 Å². The molecule has 0 saturated heterocycles. The third-order valence-corrected chi connectivity index (χ3v) is 4.26. The molecule has 1 aromatic heterocycles. The summed E-state index contributed by atoms with van der Waals surface area (Å²) in [5.41, 5.74) is -0.130. The van der Waals surface area contributed by atoms with E-state index in [0.717, 1.165) is 0 Å². The Morgan fingerprint density at radius 2 is 2.08 bits per heavy atom. The van der Waals surface area contributed by atoms with Gasteiger partial charge in [-0.25, -0.2) is 4.79 Å². The number of anilines is 1. The average molecular weight is 380 g/mol. The smallest absolute Gasteiger partial charge is 0.331 e. The molecular weight excluding hydrogens is 362 g/mol. The molecular formula is C17H18ClN3O5. The van der Waals surface area contributed by atoms with E-state index in [2.05, 4.69) is 10.4 Å². The first kappa shape index (κ1) is 18.1. The number of carbonyl (C=O) groups is 2. The second-order valence-electron chi connectivity index (χ2n) is 6.36. The zero-order chi connectivity index (χ0) is 18.9. The molecule has 2 N–H and O–H groups in total. The van der Waals surface area contributed by atoms with Crippen molar-refractivity contribution >= 4 is 29.2 Å². The zero-order valence-electron chi connectivity index (χ0n) is 14.3. The van der Waals surface area contributed by atoms with E-state index in [9.17, 15) is 14.7 Å². The molecule has 0 unspecified atom stereocenters. The molecule has 0 fully saturated rings. The van der Waals surface area contributed by atoms with Crippen molar-refractivity contribution in [3.8, 4) is 11.5 Å². The molecule has 1 aliphatic heterocycles. The maximum absolute atomic E-state index is 12.3. The molecule has 1 aromatic carbocycles. The third kappa shape index (κ3) is 3.60. The lowest BCUT2D eigenvalue weighted by atomic mass is 10.1. The van der Waals surface area contributed by atoms with Crippen LogP contribution in [-0.4, -0.2) is 40.0 Å². The van der Waals surface area contributed by atoms with Crippen molar-refractivity contribution in [1.29, 1.82) is 0 Å². The van der Waals surface area contributed by atoms with Crippen LogP contribution in [0.25, 0.3) is 0 Å². The van der Waals surface area contributed by atoms with Crippen LogP contribution in [0.1, 0.15) is 19.4 Å². The fourth-order valence-corrected chi connectivity index (χ4v) is 2.74. The number of aliphatic carboxylic acids is 1. The number of carboxylic acids is 1. The Morgan fingerprint density at radius 3 is 2.81 bits per heavy atom. The predicted octanol–water partition coefficient (Wildman–Crippen LogP) is 2.31. The van der Waals surface area contributed by atoms with Gasteiger partial charge in [0.1, 0.15) is 13.2 Å². The van der Waals surface area contributed by atoms with Crippen molar-refractivity contribution in [2.24, 2.45) is 0 Å². The second kappa shape index (κ2) is 6.87. The minimum absolute atomic E-state index is 0.0733. The first-order chi connectivity index (χ1) is 12.3. The zero-order valence-corrected chi connectivity index (χ0v) is 15.0. The van der Waals surface area contributed by atoms with Crippen molar-refractivity contribution < 1.29 is 24.2 Å². The summed E-state index contributed by atoms with van der Waals surface area (Å²) in [6, 6.07) is 3.38. The van der Waals surface area contributed by atoms with Gasteiger partial charge in [-0.05, 0) is 31.5 Å². The van der Waals surface area contributed by atoms with Crippen molar-refractivity contribution in [2.45, 2.75) is 25.8 Å². The molecule has 2 aromatic rings. The molecule has 0 radical (unpaired) electrons. The number of hydrogen-bond acceptors (Lipinski definition) is 5. The number of benzene rings is 1.